The topological polar surface area (TPSA) is 20.7 Å². The molecule has 1 N–H and O–H groups in total. The summed E-state index contributed by atoms with van der Waals surface area (Å²) in [6.07, 6.45) is 4.90. The van der Waals surface area contributed by atoms with Crippen molar-refractivity contribution in [2.75, 3.05) is 0 Å². The molecule has 0 unspecified atom stereocenters. The first-order valence-electron chi connectivity index (χ1n) is 5.47. The number of aromatic amines is 1. The number of nitrogens with one attached hydrogen (secondary N) is 1. The van der Waals surface area contributed by atoms with Crippen LogP contribution in [0.3, 0.4) is 0 Å². The van der Waals surface area contributed by atoms with Gasteiger partial charge in [0.2, 0.25) is 0 Å². The number of hydrogen-bond acceptors (Lipinski definition) is 1. The molecule has 0 saturated heterocycles. The molecule has 1 aromatic carbocycles. The van der Waals surface area contributed by atoms with E-state index < -0.39 is 0 Å². The number of H-pyrrole nitrogens is 1. The zero-order valence-corrected chi connectivity index (χ0v) is 10.5. The molecule has 0 aliphatic heterocycles. The average molecular weight is 232 g/mol. The van der Waals surface area contributed by atoms with E-state index in [1.807, 2.05) is 12.4 Å². The van der Waals surface area contributed by atoms with Gasteiger partial charge in [-0.05, 0) is 49.2 Å². The molecular weight excluding hydrogens is 216 g/mol. The number of rotatable bonds is 3. The highest BCUT2D eigenvalue weighted by Crippen LogP contribution is 2.13. The second-order valence-electron chi connectivity index (χ2n) is 4.07. The Hall–Kier alpha value is -1.35. The molecule has 2 aromatic rings. The lowest BCUT2D eigenvalue weighted by Gasteiger charge is -2.08. The summed E-state index contributed by atoms with van der Waals surface area (Å²) in [6.45, 7) is 5.27. The van der Waals surface area contributed by atoms with Crippen molar-refractivity contribution < 1.29 is 0 Å². The Morgan fingerprint density at radius 2 is 2.12 bits per heavy atom. The Balaban J connectivity index is 2.14. The van der Waals surface area contributed by atoms with Crippen LogP contribution in [0.25, 0.3) is 0 Å². The maximum absolute atomic E-state index is 5.17. The van der Waals surface area contributed by atoms with Gasteiger partial charge in [-0.1, -0.05) is 18.2 Å². The molecule has 0 aliphatic carbocycles. The summed E-state index contributed by atoms with van der Waals surface area (Å²) in [5, 5.41) is 0. The minimum Gasteiger partial charge on any atom is -0.337 e. The van der Waals surface area contributed by atoms with Crippen molar-refractivity contribution in [2.24, 2.45) is 0 Å². The fourth-order valence-corrected chi connectivity index (χ4v) is 2.07. The van der Waals surface area contributed by atoms with Crippen LogP contribution in [-0.4, -0.2) is 9.55 Å². The van der Waals surface area contributed by atoms with Gasteiger partial charge < -0.3 is 9.55 Å². The van der Waals surface area contributed by atoms with Crippen molar-refractivity contribution in [1.82, 2.24) is 9.55 Å². The Morgan fingerprint density at radius 1 is 1.31 bits per heavy atom. The van der Waals surface area contributed by atoms with E-state index in [9.17, 15) is 0 Å². The molecule has 1 heterocycles. The quantitative estimate of drug-likeness (QED) is 0.804. The largest absolute Gasteiger partial charge is 0.337 e. The summed E-state index contributed by atoms with van der Waals surface area (Å²) >= 11 is 5.17. The number of aromatic nitrogens is 2. The van der Waals surface area contributed by atoms with Gasteiger partial charge in [-0.25, -0.2) is 0 Å². The molecule has 0 atom stereocenters. The fraction of sp³-hybridized carbons (Fsp3) is 0.308. The molecule has 0 aliphatic rings. The molecule has 0 fully saturated rings. The summed E-state index contributed by atoms with van der Waals surface area (Å²) in [4.78, 5) is 3.01. The molecule has 3 heteroatoms. The van der Waals surface area contributed by atoms with Crippen molar-refractivity contribution >= 4 is 12.2 Å². The summed E-state index contributed by atoms with van der Waals surface area (Å²) in [7, 11) is 0. The second kappa shape index (κ2) is 4.66. The Labute approximate surface area is 101 Å². The minimum atomic E-state index is 0.797. The van der Waals surface area contributed by atoms with Crippen molar-refractivity contribution in [3.63, 3.8) is 0 Å². The van der Waals surface area contributed by atoms with Crippen molar-refractivity contribution in [3.8, 4) is 0 Å². The van der Waals surface area contributed by atoms with Crippen LogP contribution in [0.15, 0.2) is 30.6 Å². The normalized spacial score (nSPS) is 10.6. The van der Waals surface area contributed by atoms with Crippen LogP contribution in [-0.2, 0) is 13.0 Å². The van der Waals surface area contributed by atoms with Gasteiger partial charge in [-0.15, -0.1) is 0 Å². The molecule has 0 spiro atoms. The zero-order valence-electron chi connectivity index (χ0n) is 9.66. The second-order valence-corrected chi connectivity index (χ2v) is 4.45. The Bertz CT molecular complexity index is 537. The molecule has 0 saturated carbocycles. The van der Waals surface area contributed by atoms with Crippen LogP contribution in [0.2, 0.25) is 0 Å². The maximum Gasteiger partial charge on any atom is 0.177 e. The predicted molar refractivity (Wildman–Crippen MR) is 69.2 cm³/mol. The van der Waals surface area contributed by atoms with Gasteiger partial charge in [0.05, 0.1) is 0 Å². The highest BCUT2D eigenvalue weighted by Gasteiger charge is 2.01. The monoisotopic (exact) mass is 232 g/mol. The number of benzene rings is 1. The van der Waals surface area contributed by atoms with E-state index in [-0.39, 0.29) is 0 Å². The molecule has 84 valence electrons. The van der Waals surface area contributed by atoms with Gasteiger partial charge in [-0.3, -0.25) is 0 Å². The fourth-order valence-electron chi connectivity index (χ4n) is 1.85. The third-order valence-electron chi connectivity index (χ3n) is 3.06. The highest BCUT2D eigenvalue weighted by molar-refractivity contribution is 7.71. The molecule has 0 amide bonds. The van der Waals surface area contributed by atoms with E-state index in [0.29, 0.717) is 0 Å². The van der Waals surface area contributed by atoms with Crippen LogP contribution in [0.4, 0.5) is 0 Å². The van der Waals surface area contributed by atoms with Crippen LogP contribution in [0, 0.1) is 18.6 Å². The lowest BCUT2D eigenvalue weighted by atomic mass is 10.0. The third-order valence-corrected chi connectivity index (χ3v) is 3.41. The summed E-state index contributed by atoms with van der Waals surface area (Å²) in [5.41, 5.74) is 4.16. The first-order valence-corrected chi connectivity index (χ1v) is 5.88. The zero-order chi connectivity index (χ0) is 11.5. The van der Waals surface area contributed by atoms with Crippen molar-refractivity contribution in [2.45, 2.75) is 26.8 Å². The van der Waals surface area contributed by atoms with Crippen LogP contribution >= 0.6 is 12.2 Å². The first kappa shape index (κ1) is 11.1. The number of imidazole rings is 1. The van der Waals surface area contributed by atoms with E-state index in [1.54, 1.807) is 0 Å². The summed E-state index contributed by atoms with van der Waals surface area (Å²) < 4.78 is 2.86. The SMILES string of the molecule is Cc1cccc(CCn2cc[nH]c2=S)c1C. The highest BCUT2D eigenvalue weighted by atomic mass is 32.1. The van der Waals surface area contributed by atoms with Gasteiger partial charge in [0.15, 0.2) is 4.77 Å². The van der Waals surface area contributed by atoms with E-state index in [4.69, 9.17) is 12.2 Å². The van der Waals surface area contributed by atoms with Gasteiger partial charge >= 0.3 is 0 Å². The summed E-state index contributed by atoms with van der Waals surface area (Å²) in [6, 6.07) is 6.47. The smallest absolute Gasteiger partial charge is 0.177 e. The number of hydrogen-bond donors (Lipinski definition) is 1. The van der Waals surface area contributed by atoms with Gasteiger partial charge in [-0.2, -0.15) is 0 Å². The van der Waals surface area contributed by atoms with E-state index in [1.165, 1.54) is 16.7 Å². The maximum atomic E-state index is 5.17. The Morgan fingerprint density at radius 3 is 2.81 bits per heavy atom. The van der Waals surface area contributed by atoms with E-state index >= 15 is 0 Å². The van der Waals surface area contributed by atoms with Gasteiger partial charge in [0, 0.05) is 18.9 Å². The molecule has 2 rings (SSSR count). The van der Waals surface area contributed by atoms with E-state index in [0.717, 1.165) is 17.7 Å². The Kier molecular flexibility index (Phi) is 3.25. The number of aryl methyl sites for hydroxylation is 3. The minimum absolute atomic E-state index is 0.797. The van der Waals surface area contributed by atoms with Crippen LogP contribution in [0.5, 0.6) is 0 Å². The van der Waals surface area contributed by atoms with E-state index in [2.05, 4.69) is 41.6 Å². The average Bonchev–Trinajstić information content (AvgIpc) is 2.67. The van der Waals surface area contributed by atoms with Crippen molar-refractivity contribution in [3.05, 3.63) is 52.1 Å². The standard InChI is InChI=1S/C13H16N2S/c1-10-4-3-5-12(11(10)2)6-8-15-9-7-14-13(15)16/h3-5,7,9H,6,8H2,1-2H3,(H,14,16). The van der Waals surface area contributed by atoms with Gasteiger partial charge in [0.1, 0.15) is 0 Å². The summed E-state index contributed by atoms with van der Waals surface area (Å²) in [5.74, 6) is 0. The lowest BCUT2D eigenvalue weighted by molar-refractivity contribution is 0.684. The predicted octanol–water partition coefficient (Wildman–Crippen LogP) is 3.41. The molecule has 1 aromatic heterocycles. The molecule has 16 heavy (non-hydrogen) atoms. The molecule has 2 nitrogen and oxygen atoms in total. The first-order chi connectivity index (χ1) is 7.68. The molecule has 0 radical (unpaired) electrons. The lowest BCUT2D eigenvalue weighted by Crippen LogP contribution is -2.02. The molecule has 0 bridgehead atoms. The van der Waals surface area contributed by atoms with Gasteiger partial charge in [0.25, 0.3) is 0 Å². The third kappa shape index (κ3) is 2.25. The molecular formula is C13H16N2S. The van der Waals surface area contributed by atoms with Crippen LogP contribution in [0.1, 0.15) is 16.7 Å². The van der Waals surface area contributed by atoms with Crippen LogP contribution < -0.4 is 0 Å². The number of nitrogens with zero attached hydrogens (tertiary/aromatic N) is 1. The van der Waals surface area contributed by atoms with Crippen molar-refractivity contribution in [1.29, 1.82) is 0 Å².